The molecule has 2 aliphatic heterocycles. The van der Waals surface area contributed by atoms with Gasteiger partial charge in [0, 0.05) is 37.8 Å². The molecule has 0 radical (unpaired) electrons. The van der Waals surface area contributed by atoms with E-state index in [2.05, 4.69) is 14.9 Å². The molecule has 0 aliphatic carbocycles. The Bertz CT molecular complexity index is 1460. The van der Waals surface area contributed by atoms with Crippen molar-refractivity contribution in [3.05, 3.63) is 73.1 Å². The summed E-state index contributed by atoms with van der Waals surface area (Å²) in [6.45, 7) is 4.63. The Morgan fingerprint density at radius 2 is 1.79 bits per heavy atom. The molecule has 10 heteroatoms. The highest BCUT2D eigenvalue weighted by molar-refractivity contribution is 5.98. The molecule has 2 fully saturated rings. The minimum atomic E-state index is -0.253. The number of nitrogen functional groups attached to an aromatic ring is 1. The lowest BCUT2D eigenvalue weighted by Gasteiger charge is -2.26. The molecule has 4 heterocycles. The van der Waals surface area contributed by atoms with Crippen LogP contribution in [0.2, 0.25) is 0 Å². The lowest BCUT2D eigenvalue weighted by Crippen LogP contribution is -2.36. The van der Waals surface area contributed by atoms with Gasteiger partial charge in [-0.15, -0.1) is 0 Å². The van der Waals surface area contributed by atoms with Gasteiger partial charge in [0.15, 0.2) is 5.65 Å². The number of ether oxygens (including phenoxy) is 2. The number of fused-ring (bicyclic) bond motifs is 1. The number of carbonyl (C=O) groups excluding carboxylic acids is 1. The summed E-state index contributed by atoms with van der Waals surface area (Å²) >= 11 is 0. The fourth-order valence-corrected chi connectivity index (χ4v) is 5.15. The van der Waals surface area contributed by atoms with Crippen LogP contribution in [-0.4, -0.2) is 74.8 Å². The standard InChI is InChI=1S/C29H31N7O3/c30-28-26-27(21-10-12-23(13-11-21)39-22-6-2-1-3-7-22)33-36(29(26)32-20-31-28)24-8-4-15-35(24)25(37)9-5-14-34-16-18-38-19-17-34/h1-3,5-7,9-13,20,24H,4,8,14-19H2,(H2,30,31,32)/b9-5+. The van der Waals surface area contributed by atoms with Gasteiger partial charge in [-0.05, 0) is 49.2 Å². The van der Waals surface area contributed by atoms with Crippen molar-refractivity contribution < 1.29 is 14.3 Å². The molecular weight excluding hydrogens is 494 g/mol. The fraction of sp³-hybridized carbons (Fsp3) is 0.310. The Kier molecular flexibility index (Phi) is 7.20. The number of carbonyl (C=O) groups is 1. The normalized spacial score (nSPS) is 18.3. The van der Waals surface area contributed by atoms with Crippen molar-refractivity contribution in [2.75, 3.05) is 45.1 Å². The van der Waals surface area contributed by atoms with Crippen LogP contribution < -0.4 is 10.5 Å². The third kappa shape index (κ3) is 5.34. The summed E-state index contributed by atoms with van der Waals surface area (Å²) in [5.74, 6) is 1.81. The van der Waals surface area contributed by atoms with Gasteiger partial charge in [-0.1, -0.05) is 24.3 Å². The van der Waals surface area contributed by atoms with E-state index in [9.17, 15) is 4.79 Å². The molecule has 2 saturated heterocycles. The largest absolute Gasteiger partial charge is 0.457 e. The number of hydrogen-bond acceptors (Lipinski definition) is 8. The molecule has 10 nitrogen and oxygen atoms in total. The van der Waals surface area contributed by atoms with Crippen LogP contribution in [0.3, 0.4) is 0 Å². The zero-order chi connectivity index (χ0) is 26.6. The van der Waals surface area contributed by atoms with E-state index in [0.717, 1.165) is 57.0 Å². The Labute approximate surface area is 226 Å². The highest BCUT2D eigenvalue weighted by atomic mass is 16.5. The smallest absolute Gasteiger partial charge is 0.247 e. The topological polar surface area (TPSA) is 112 Å². The lowest BCUT2D eigenvalue weighted by atomic mass is 10.1. The van der Waals surface area contributed by atoms with Crippen LogP contribution in [-0.2, 0) is 9.53 Å². The molecule has 0 bridgehead atoms. The number of anilines is 1. The number of morpholine rings is 1. The number of rotatable bonds is 7. The zero-order valence-electron chi connectivity index (χ0n) is 21.6. The Morgan fingerprint density at radius 3 is 2.59 bits per heavy atom. The third-order valence-corrected chi connectivity index (χ3v) is 7.14. The summed E-state index contributed by atoms with van der Waals surface area (Å²) in [4.78, 5) is 26.1. The van der Waals surface area contributed by atoms with Gasteiger partial charge in [-0.3, -0.25) is 9.69 Å². The Balaban J connectivity index is 1.26. The van der Waals surface area contributed by atoms with Gasteiger partial charge < -0.3 is 20.1 Å². The quantitative estimate of drug-likeness (QED) is 0.362. The molecule has 1 amide bonds. The van der Waals surface area contributed by atoms with E-state index in [0.29, 0.717) is 34.8 Å². The monoisotopic (exact) mass is 525 g/mol. The van der Waals surface area contributed by atoms with Gasteiger partial charge in [0.25, 0.3) is 0 Å². The molecular formula is C29H31N7O3. The molecule has 39 heavy (non-hydrogen) atoms. The van der Waals surface area contributed by atoms with Crippen LogP contribution in [0.15, 0.2) is 73.1 Å². The Hall–Kier alpha value is -4.28. The third-order valence-electron chi connectivity index (χ3n) is 7.14. The predicted molar refractivity (Wildman–Crippen MR) is 148 cm³/mol. The van der Waals surface area contributed by atoms with Crippen molar-refractivity contribution in [2.24, 2.45) is 0 Å². The number of aromatic nitrogens is 4. The molecule has 4 aromatic rings. The Morgan fingerprint density at radius 1 is 1.03 bits per heavy atom. The van der Waals surface area contributed by atoms with Crippen molar-refractivity contribution in [1.29, 1.82) is 0 Å². The molecule has 200 valence electrons. The van der Waals surface area contributed by atoms with Crippen LogP contribution >= 0.6 is 0 Å². The maximum atomic E-state index is 13.2. The molecule has 2 aromatic carbocycles. The van der Waals surface area contributed by atoms with Crippen molar-refractivity contribution >= 4 is 22.8 Å². The van der Waals surface area contributed by atoms with Gasteiger partial charge in [-0.2, -0.15) is 5.10 Å². The molecule has 1 unspecified atom stereocenters. The summed E-state index contributed by atoms with van der Waals surface area (Å²) < 4.78 is 13.2. The van der Waals surface area contributed by atoms with Crippen LogP contribution in [0.25, 0.3) is 22.3 Å². The van der Waals surface area contributed by atoms with E-state index >= 15 is 0 Å². The molecule has 2 N–H and O–H groups in total. The highest BCUT2D eigenvalue weighted by Crippen LogP contribution is 2.36. The first-order valence-electron chi connectivity index (χ1n) is 13.3. The number of nitrogens with zero attached hydrogens (tertiary/aromatic N) is 6. The molecule has 6 rings (SSSR count). The summed E-state index contributed by atoms with van der Waals surface area (Å²) in [6, 6.07) is 17.3. The van der Waals surface area contributed by atoms with Crippen LogP contribution in [0.1, 0.15) is 19.0 Å². The van der Waals surface area contributed by atoms with E-state index in [1.165, 1.54) is 6.33 Å². The number of para-hydroxylation sites is 1. The molecule has 0 saturated carbocycles. The predicted octanol–water partition coefficient (Wildman–Crippen LogP) is 3.88. The van der Waals surface area contributed by atoms with E-state index in [4.69, 9.17) is 20.3 Å². The number of amides is 1. The first kappa shape index (κ1) is 25.0. The van der Waals surface area contributed by atoms with E-state index < -0.39 is 0 Å². The summed E-state index contributed by atoms with van der Waals surface area (Å²) in [7, 11) is 0. The van der Waals surface area contributed by atoms with Gasteiger partial charge in [-0.25, -0.2) is 14.6 Å². The average Bonchev–Trinajstić information content (AvgIpc) is 3.61. The SMILES string of the molecule is Nc1ncnc2c1c(-c1ccc(Oc3ccccc3)cc1)nn2C1CCCN1C(=O)/C=C/CN1CCOCC1. The molecule has 1 atom stereocenters. The summed E-state index contributed by atoms with van der Waals surface area (Å²) in [6.07, 6.45) is 6.48. The van der Waals surface area contributed by atoms with E-state index in [1.807, 2.05) is 70.3 Å². The van der Waals surface area contributed by atoms with E-state index in [-0.39, 0.29) is 12.1 Å². The van der Waals surface area contributed by atoms with Gasteiger partial charge >= 0.3 is 0 Å². The number of benzene rings is 2. The molecule has 2 aliphatic rings. The summed E-state index contributed by atoms with van der Waals surface area (Å²) in [5, 5.41) is 5.63. The van der Waals surface area contributed by atoms with Crippen molar-refractivity contribution in [3.8, 4) is 22.8 Å². The van der Waals surface area contributed by atoms with Gasteiger partial charge in [0.2, 0.25) is 5.91 Å². The van der Waals surface area contributed by atoms with Crippen molar-refractivity contribution in [1.82, 2.24) is 29.5 Å². The summed E-state index contributed by atoms with van der Waals surface area (Å²) in [5.41, 5.74) is 8.49. The van der Waals surface area contributed by atoms with Crippen LogP contribution in [0, 0.1) is 0 Å². The average molecular weight is 526 g/mol. The van der Waals surface area contributed by atoms with Crippen molar-refractivity contribution in [2.45, 2.75) is 19.0 Å². The van der Waals surface area contributed by atoms with Crippen molar-refractivity contribution in [3.63, 3.8) is 0 Å². The minimum Gasteiger partial charge on any atom is -0.457 e. The first-order chi connectivity index (χ1) is 19.2. The molecule has 0 spiro atoms. The molecule has 2 aromatic heterocycles. The van der Waals surface area contributed by atoms with Gasteiger partial charge in [0.05, 0.1) is 18.6 Å². The highest BCUT2D eigenvalue weighted by Gasteiger charge is 2.32. The van der Waals surface area contributed by atoms with E-state index in [1.54, 1.807) is 6.08 Å². The number of likely N-dealkylation sites (tertiary alicyclic amines) is 1. The van der Waals surface area contributed by atoms with Crippen LogP contribution in [0.4, 0.5) is 5.82 Å². The fourth-order valence-electron chi connectivity index (χ4n) is 5.15. The maximum Gasteiger partial charge on any atom is 0.247 e. The second-order valence-corrected chi connectivity index (χ2v) is 9.66. The van der Waals surface area contributed by atoms with Gasteiger partial charge in [0.1, 0.15) is 35.5 Å². The number of nitrogens with two attached hydrogens (primary N) is 1. The number of hydrogen-bond donors (Lipinski definition) is 1. The second-order valence-electron chi connectivity index (χ2n) is 9.66. The maximum absolute atomic E-state index is 13.2. The second kappa shape index (κ2) is 11.2. The minimum absolute atomic E-state index is 0.0274. The lowest BCUT2D eigenvalue weighted by molar-refractivity contribution is -0.128. The van der Waals surface area contributed by atoms with Crippen LogP contribution in [0.5, 0.6) is 11.5 Å². The zero-order valence-corrected chi connectivity index (χ0v) is 21.6. The first-order valence-corrected chi connectivity index (χ1v) is 13.3.